The molecular weight excluding hydrogens is 213 g/mol. The first-order chi connectivity index (χ1) is 8.16. The number of hydrogen-bond acceptors (Lipinski definition) is 2. The number of amides is 1. The second-order valence-corrected chi connectivity index (χ2v) is 5.12. The number of nitrogens with one attached hydrogen (secondary N) is 1. The lowest BCUT2D eigenvalue weighted by Crippen LogP contribution is -2.63. The molecule has 1 saturated heterocycles. The van der Waals surface area contributed by atoms with Crippen molar-refractivity contribution in [3.05, 3.63) is 29.3 Å². The van der Waals surface area contributed by atoms with Gasteiger partial charge in [0, 0.05) is 0 Å². The van der Waals surface area contributed by atoms with Gasteiger partial charge in [-0.15, -0.1) is 0 Å². The molecule has 0 radical (unpaired) electrons. The fourth-order valence-electron chi connectivity index (χ4n) is 2.88. The van der Waals surface area contributed by atoms with Crippen molar-refractivity contribution in [2.75, 3.05) is 13.2 Å². The highest BCUT2D eigenvalue weighted by Crippen LogP contribution is 2.39. The van der Waals surface area contributed by atoms with E-state index in [4.69, 9.17) is 4.74 Å². The van der Waals surface area contributed by atoms with Gasteiger partial charge in [0.25, 0.3) is 0 Å². The zero-order valence-corrected chi connectivity index (χ0v) is 10.2. The Morgan fingerprint density at radius 1 is 1.53 bits per heavy atom. The van der Waals surface area contributed by atoms with Crippen LogP contribution in [0.3, 0.4) is 0 Å². The van der Waals surface area contributed by atoms with Gasteiger partial charge in [-0.3, -0.25) is 4.79 Å². The summed E-state index contributed by atoms with van der Waals surface area (Å²) in [6, 6.07) is 6.42. The third-order valence-electron chi connectivity index (χ3n) is 3.88. The fraction of sp³-hybridized carbons (Fsp3) is 0.462. The Balaban J connectivity index is 2.16. The number of hydrogen-bond donors (Lipinski definition) is 1. The molecule has 4 heteroatoms. The molecule has 3 nitrogen and oxygen atoms in total. The van der Waals surface area contributed by atoms with Crippen LogP contribution in [0, 0.1) is 0 Å². The maximum absolute atomic E-state index is 12.1. The third kappa shape index (κ3) is 1.44. The minimum atomic E-state index is -0.244. The van der Waals surface area contributed by atoms with E-state index in [0.717, 1.165) is 6.42 Å². The number of fused-ring (bicyclic) bond motifs is 2. The smallest absolute Gasteiger partial charge is 0.228 e. The van der Waals surface area contributed by atoms with Crippen LogP contribution in [0.4, 0.5) is 0 Å². The Kier molecular flexibility index (Phi) is 2.30. The summed E-state index contributed by atoms with van der Waals surface area (Å²) in [5.74, 6) is 0.144. The quantitative estimate of drug-likeness (QED) is 0.677. The average molecular weight is 229 g/mol. The lowest BCUT2D eigenvalue weighted by molar-refractivity contribution is -0.138. The average Bonchev–Trinajstić information content (AvgIpc) is 2.25. The van der Waals surface area contributed by atoms with Crippen molar-refractivity contribution in [2.24, 2.45) is 0 Å². The van der Waals surface area contributed by atoms with Gasteiger partial charge in [-0.2, -0.15) is 0 Å². The van der Waals surface area contributed by atoms with Gasteiger partial charge in [-0.25, -0.2) is 0 Å². The molecule has 0 aromatic heterocycles. The monoisotopic (exact) mass is 229 g/mol. The summed E-state index contributed by atoms with van der Waals surface area (Å²) in [5.41, 5.74) is 3.42. The first kappa shape index (κ1) is 10.8. The Labute approximate surface area is 102 Å². The van der Waals surface area contributed by atoms with E-state index in [1.54, 1.807) is 0 Å². The predicted molar refractivity (Wildman–Crippen MR) is 68.3 cm³/mol. The summed E-state index contributed by atoms with van der Waals surface area (Å²) in [7, 11) is 2.07. The van der Waals surface area contributed by atoms with Gasteiger partial charge in [0.1, 0.15) is 13.4 Å². The van der Waals surface area contributed by atoms with Gasteiger partial charge in [0.05, 0.1) is 19.1 Å². The van der Waals surface area contributed by atoms with E-state index in [1.807, 2.05) is 0 Å². The molecule has 17 heavy (non-hydrogen) atoms. The summed E-state index contributed by atoms with van der Waals surface area (Å²) < 4.78 is 5.31. The number of benzene rings is 1. The molecule has 1 unspecified atom stereocenters. The highest BCUT2D eigenvalue weighted by atomic mass is 16.5. The van der Waals surface area contributed by atoms with Gasteiger partial charge in [-0.1, -0.05) is 30.6 Å². The molecule has 1 aromatic carbocycles. The number of carbonyl (C=O) groups excluding carboxylic acids is 1. The minimum absolute atomic E-state index is 0.00359. The van der Waals surface area contributed by atoms with Crippen molar-refractivity contribution in [1.29, 1.82) is 0 Å². The lowest BCUT2D eigenvalue weighted by Gasteiger charge is -2.47. The van der Waals surface area contributed by atoms with E-state index in [1.165, 1.54) is 16.6 Å². The maximum atomic E-state index is 12.1. The predicted octanol–water partition coefficient (Wildman–Crippen LogP) is -0.206. The van der Waals surface area contributed by atoms with Crippen LogP contribution in [0.25, 0.3) is 0 Å². The van der Waals surface area contributed by atoms with Crippen LogP contribution in [-0.2, 0) is 15.1 Å². The summed E-state index contributed by atoms with van der Waals surface area (Å²) in [4.78, 5) is 12.1. The van der Waals surface area contributed by atoms with E-state index in [9.17, 15) is 4.79 Å². The van der Waals surface area contributed by atoms with Crippen LogP contribution in [0.5, 0.6) is 0 Å². The summed E-state index contributed by atoms with van der Waals surface area (Å²) in [6.45, 7) is 3.27. The molecule has 1 spiro atoms. The molecule has 3 rings (SSSR count). The van der Waals surface area contributed by atoms with Crippen molar-refractivity contribution in [1.82, 2.24) is 5.32 Å². The largest absolute Gasteiger partial charge is 0.376 e. The van der Waals surface area contributed by atoms with Crippen LogP contribution in [-0.4, -0.2) is 27.0 Å². The molecule has 2 heterocycles. The van der Waals surface area contributed by atoms with Crippen LogP contribution < -0.4 is 10.8 Å². The molecule has 1 aromatic rings. The highest BCUT2D eigenvalue weighted by Gasteiger charge is 2.48. The zero-order valence-electron chi connectivity index (χ0n) is 10.2. The van der Waals surface area contributed by atoms with E-state index >= 15 is 0 Å². The minimum Gasteiger partial charge on any atom is -0.376 e. The van der Waals surface area contributed by atoms with E-state index < -0.39 is 0 Å². The molecule has 88 valence electrons. The fourth-order valence-corrected chi connectivity index (χ4v) is 2.88. The Bertz CT molecular complexity index is 482. The Morgan fingerprint density at radius 2 is 2.29 bits per heavy atom. The van der Waals surface area contributed by atoms with Gasteiger partial charge in [0.2, 0.25) is 5.91 Å². The summed E-state index contributed by atoms with van der Waals surface area (Å²) in [6.07, 6.45) is 0.846. The van der Waals surface area contributed by atoms with Gasteiger partial charge in [0.15, 0.2) is 0 Å². The first-order valence-corrected chi connectivity index (χ1v) is 6.17. The molecule has 1 fully saturated rings. The Hall–Kier alpha value is -1.29. The lowest BCUT2D eigenvalue weighted by atomic mass is 9.74. The topological polar surface area (TPSA) is 38.3 Å². The molecule has 0 saturated carbocycles. The second kappa shape index (κ2) is 3.60. The van der Waals surface area contributed by atoms with Crippen LogP contribution in [0.15, 0.2) is 18.2 Å². The first-order valence-electron chi connectivity index (χ1n) is 6.17. The number of carbonyl (C=O) groups is 1. The van der Waals surface area contributed by atoms with Crippen LogP contribution in [0.2, 0.25) is 0 Å². The van der Waals surface area contributed by atoms with Gasteiger partial charge in [-0.05, 0) is 17.5 Å². The summed E-state index contributed by atoms with van der Waals surface area (Å²) >= 11 is 0. The molecule has 0 aliphatic carbocycles. The molecule has 2 aliphatic heterocycles. The van der Waals surface area contributed by atoms with Crippen molar-refractivity contribution in [2.45, 2.75) is 24.8 Å². The summed E-state index contributed by atoms with van der Waals surface area (Å²) in [5, 5.41) is 3.14. The SMILES string of the molecule is Bc1ccc2c(c1)C(CC)C(=O)NC21COC1. The molecule has 1 atom stereocenters. The normalized spacial score (nSPS) is 25.0. The van der Waals surface area contributed by atoms with E-state index in [0.29, 0.717) is 13.2 Å². The Morgan fingerprint density at radius 3 is 2.88 bits per heavy atom. The zero-order chi connectivity index (χ0) is 12.0. The number of rotatable bonds is 1. The van der Waals surface area contributed by atoms with Crippen molar-refractivity contribution in [3.8, 4) is 0 Å². The second-order valence-electron chi connectivity index (χ2n) is 5.12. The molecule has 1 N–H and O–H groups in total. The van der Waals surface area contributed by atoms with E-state index in [-0.39, 0.29) is 17.4 Å². The van der Waals surface area contributed by atoms with Gasteiger partial charge >= 0.3 is 0 Å². The highest BCUT2D eigenvalue weighted by molar-refractivity contribution is 6.32. The van der Waals surface area contributed by atoms with Crippen molar-refractivity contribution >= 4 is 19.2 Å². The maximum Gasteiger partial charge on any atom is 0.228 e. The van der Waals surface area contributed by atoms with E-state index in [2.05, 4.69) is 38.3 Å². The molecule has 2 aliphatic rings. The van der Waals surface area contributed by atoms with Gasteiger partial charge < -0.3 is 10.1 Å². The molecule has 0 bridgehead atoms. The standard InChI is InChI=1S/C13H16BNO2/c1-2-9-10-5-8(14)3-4-11(10)13(6-17-7-13)15-12(9)16/h3-5,9H,2,6-7,14H2,1H3,(H,15,16). The van der Waals surface area contributed by atoms with Crippen LogP contribution in [0.1, 0.15) is 30.4 Å². The third-order valence-corrected chi connectivity index (χ3v) is 3.88. The van der Waals surface area contributed by atoms with Crippen molar-refractivity contribution in [3.63, 3.8) is 0 Å². The van der Waals surface area contributed by atoms with Crippen LogP contribution >= 0.6 is 0 Å². The number of ether oxygens (including phenoxy) is 1. The molecule has 1 amide bonds. The molecular formula is C13H16BNO2. The van der Waals surface area contributed by atoms with Crippen molar-refractivity contribution < 1.29 is 9.53 Å².